The van der Waals surface area contributed by atoms with Gasteiger partial charge in [0, 0.05) is 18.3 Å². The molecule has 1 heterocycles. The fourth-order valence-electron chi connectivity index (χ4n) is 1.61. The van der Waals surface area contributed by atoms with Gasteiger partial charge in [0.25, 0.3) is 0 Å². The molecule has 4 heteroatoms. The smallest absolute Gasteiger partial charge is 0.230 e. The number of hydrogen-bond donors (Lipinski definition) is 1. The van der Waals surface area contributed by atoms with Crippen LogP contribution in [-0.4, -0.2) is 15.9 Å². The van der Waals surface area contributed by atoms with Gasteiger partial charge in [-0.2, -0.15) is 0 Å². The Hall–Kier alpha value is -1.71. The number of hydrogen-bond acceptors (Lipinski definition) is 3. The summed E-state index contributed by atoms with van der Waals surface area (Å²) in [4.78, 5) is 19.6. The minimum absolute atomic E-state index is 0.0190. The zero-order valence-corrected chi connectivity index (χ0v) is 8.39. The summed E-state index contributed by atoms with van der Waals surface area (Å²) in [5, 5.41) is 2.72. The maximum absolute atomic E-state index is 11.7. The Labute approximate surface area is 88.4 Å². The van der Waals surface area contributed by atoms with E-state index >= 15 is 0 Å². The van der Waals surface area contributed by atoms with Crippen LogP contribution < -0.4 is 5.32 Å². The van der Waals surface area contributed by atoms with Gasteiger partial charge in [0.15, 0.2) is 0 Å². The molecule has 0 saturated carbocycles. The van der Waals surface area contributed by atoms with E-state index in [1.165, 1.54) is 0 Å². The largest absolute Gasteiger partial charge is 0.294 e. The van der Waals surface area contributed by atoms with Crippen LogP contribution >= 0.6 is 0 Å². The van der Waals surface area contributed by atoms with Crippen LogP contribution in [0.3, 0.4) is 0 Å². The van der Waals surface area contributed by atoms with E-state index in [1.807, 2.05) is 0 Å². The maximum atomic E-state index is 11.7. The zero-order chi connectivity index (χ0) is 10.5. The molecule has 15 heavy (non-hydrogen) atoms. The standard InChI is InChI=1S/C11H13N3O/c15-10(9-5-2-1-3-6-9)14-11-12-7-4-8-13-11/h1-2,4,7-9H,3,5-6H2,(H,12,13,14,15). The molecule has 0 bridgehead atoms. The molecule has 0 aliphatic heterocycles. The number of nitrogens with one attached hydrogen (secondary N) is 1. The Morgan fingerprint density at radius 3 is 2.80 bits per heavy atom. The lowest BCUT2D eigenvalue weighted by atomic mass is 9.94. The van der Waals surface area contributed by atoms with Crippen molar-refractivity contribution in [3.05, 3.63) is 30.6 Å². The second-order valence-corrected chi connectivity index (χ2v) is 3.54. The molecule has 1 aliphatic carbocycles. The van der Waals surface area contributed by atoms with Crippen molar-refractivity contribution in [3.8, 4) is 0 Å². The summed E-state index contributed by atoms with van der Waals surface area (Å²) in [6.45, 7) is 0. The van der Waals surface area contributed by atoms with E-state index in [1.54, 1.807) is 18.5 Å². The van der Waals surface area contributed by atoms with Crippen LogP contribution in [-0.2, 0) is 4.79 Å². The predicted molar refractivity (Wildman–Crippen MR) is 57.1 cm³/mol. The molecule has 2 rings (SSSR count). The normalized spacial score (nSPS) is 19.9. The quantitative estimate of drug-likeness (QED) is 0.745. The van der Waals surface area contributed by atoms with E-state index in [9.17, 15) is 4.79 Å². The molecule has 0 saturated heterocycles. The van der Waals surface area contributed by atoms with Crippen molar-refractivity contribution in [2.75, 3.05) is 5.32 Å². The maximum Gasteiger partial charge on any atom is 0.230 e. The minimum atomic E-state index is 0.0190. The topological polar surface area (TPSA) is 54.9 Å². The summed E-state index contributed by atoms with van der Waals surface area (Å²) in [6, 6.07) is 1.72. The van der Waals surface area contributed by atoms with E-state index < -0.39 is 0 Å². The van der Waals surface area contributed by atoms with Gasteiger partial charge in [-0.1, -0.05) is 12.2 Å². The van der Waals surface area contributed by atoms with Crippen molar-refractivity contribution in [1.82, 2.24) is 9.97 Å². The molecular weight excluding hydrogens is 190 g/mol. The number of anilines is 1. The summed E-state index contributed by atoms with van der Waals surface area (Å²) >= 11 is 0. The minimum Gasteiger partial charge on any atom is -0.294 e. The van der Waals surface area contributed by atoms with Crippen LogP contribution in [0.2, 0.25) is 0 Å². The van der Waals surface area contributed by atoms with E-state index in [-0.39, 0.29) is 11.8 Å². The zero-order valence-electron chi connectivity index (χ0n) is 8.39. The number of nitrogens with zero attached hydrogens (tertiary/aromatic N) is 2. The average molecular weight is 203 g/mol. The van der Waals surface area contributed by atoms with Crippen LogP contribution in [0, 0.1) is 5.92 Å². The van der Waals surface area contributed by atoms with Gasteiger partial charge >= 0.3 is 0 Å². The fraction of sp³-hybridized carbons (Fsp3) is 0.364. The van der Waals surface area contributed by atoms with Gasteiger partial charge in [0.2, 0.25) is 11.9 Å². The molecule has 0 fully saturated rings. The van der Waals surface area contributed by atoms with Crippen molar-refractivity contribution in [3.63, 3.8) is 0 Å². The van der Waals surface area contributed by atoms with Crippen molar-refractivity contribution in [2.45, 2.75) is 19.3 Å². The van der Waals surface area contributed by atoms with Crippen LogP contribution in [0.1, 0.15) is 19.3 Å². The summed E-state index contributed by atoms with van der Waals surface area (Å²) in [5.41, 5.74) is 0. The fourth-order valence-corrected chi connectivity index (χ4v) is 1.61. The first-order valence-corrected chi connectivity index (χ1v) is 5.09. The predicted octanol–water partition coefficient (Wildman–Crippen LogP) is 1.77. The Bertz CT molecular complexity index is 361. The third kappa shape index (κ3) is 2.62. The first-order valence-electron chi connectivity index (χ1n) is 5.09. The molecule has 4 nitrogen and oxygen atoms in total. The molecule has 1 aliphatic rings. The Morgan fingerprint density at radius 1 is 1.33 bits per heavy atom. The Morgan fingerprint density at radius 2 is 2.13 bits per heavy atom. The number of amides is 1. The Kier molecular flexibility index (Phi) is 3.07. The van der Waals surface area contributed by atoms with Crippen LogP contribution in [0.15, 0.2) is 30.6 Å². The molecule has 1 N–H and O–H groups in total. The molecule has 1 aromatic heterocycles. The number of carbonyl (C=O) groups excluding carboxylic acids is 1. The Balaban J connectivity index is 1.95. The third-order valence-electron chi connectivity index (χ3n) is 2.44. The van der Waals surface area contributed by atoms with Gasteiger partial charge in [-0.25, -0.2) is 9.97 Å². The molecule has 0 spiro atoms. The van der Waals surface area contributed by atoms with Gasteiger partial charge in [-0.15, -0.1) is 0 Å². The lowest BCUT2D eigenvalue weighted by molar-refractivity contribution is -0.120. The molecular formula is C11H13N3O. The first-order chi connectivity index (χ1) is 7.36. The van der Waals surface area contributed by atoms with Gasteiger partial charge in [-0.3, -0.25) is 10.1 Å². The molecule has 0 aromatic carbocycles. The van der Waals surface area contributed by atoms with Crippen LogP contribution in [0.25, 0.3) is 0 Å². The second-order valence-electron chi connectivity index (χ2n) is 3.54. The van der Waals surface area contributed by atoms with Gasteiger partial charge in [-0.05, 0) is 25.3 Å². The van der Waals surface area contributed by atoms with Crippen molar-refractivity contribution in [1.29, 1.82) is 0 Å². The van der Waals surface area contributed by atoms with Crippen molar-refractivity contribution >= 4 is 11.9 Å². The highest BCUT2D eigenvalue weighted by molar-refractivity contribution is 5.91. The van der Waals surface area contributed by atoms with Crippen molar-refractivity contribution in [2.24, 2.45) is 5.92 Å². The molecule has 0 radical (unpaired) electrons. The van der Waals surface area contributed by atoms with E-state index in [0.717, 1.165) is 19.3 Å². The molecule has 1 atom stereocenters. The monoisotopic (exact) mass is 203 g/mol. The van der Waals surface area contributed by atoms with Crippen molar-refractivity contribution < 1.29 is 4.79 Å². The summed E-state index contributed by atoms with van der Waals surface area (Å²) in [6.07, 6.45) is 10.1. The lowest BCUT2D eigenvalue weighted by Crippen LogP contribution is -2.24. The third-order valence-corrected chi connectivity index (χ3v) is 2.44. The average Bonchev–Trinajstić information content (AvgIpc) is 2.31. The second kappa shape index (κ2) is 4.68. The van der Waals surface area contributed by atoms with Crippen LogP contribution in [0.4, 0.5) is 5.95 Å². The van der Waals surface area contributed by atoms with Gasteiger partial charge in [0.1, 0.15) is 0 Å². The highest BCUT2D eigenvalue weighted by Crippen LogP contribution is 2.19. The summed E-state index contributed by atoms with van der Waals surface area (Å²) in [5.74, 6) is 0.474. The highest BCUT2D eigenvalue weighted by atomic mass is 16.2. The highest BCUT2D eigenvalue weighted by Gasteiger charge is 2.19. The number of allylic oxidation sites excluding steroid dienone is 2. The number of carbonyl (C=O) groups is 1. The van der Waals surface area contributed by atoms with E-state index in [4.69, 9.17) is 0 Å². The molecule has 1 amide bonds. The summed E-state index contributed by atoms with van der Waals surface area (Å²) in [7, 11) is 0. The molecule has 78 valence electrons. The first kappa shape index (κ1) is 9.83. The SMILES string of the molecule is O=C(Nc1ncccn1)C1CC=CCC1. The number of aromatic nitrogens is 2. The number of rotatable bonds is 2. The molecule has 1 unspecified atom stereocenters. The van der Waals surface area contributed by atoms with Gasteiger partial charge in [0.05, 0.1) is 0 Å². The van der Waals surface area contributed by atoms with Crippen LogP contribution in [0.5, 0.6) is 0 Å². The van der Waals surface area contributed by atoms with Gasteiger partial charge < -0.3 is 0 Å². The van der Waals surface area contributed by atoms with E-state index in [2.05, 4.69) is 27.4 Å². The summed E-state index contributed by atoms with van der Waals surface area (Å²) < 4.78 is 0. The van der Waals surface area contributed by atoms with E-state index in [0.29, 0.717) is 5.95 Å². The lowest BCUT2D eigenvalue weighted by Gasteiger charge is -2.16. The molecule has 1 aromatic rings.